The minimum atomic E-state index is -0.00714. The zero-order valence-corrected chi connectivity index (χ0v) is 16.5. The van der Waals surface area contributed by atoms with Crippen molar-refractivity contribution in [2.75, 3.05) is 13.6 Å². The van der Waals surface area contributed by atoms with E-state index in [0.717, 1.165) is 30.1 Å². The van der Waals surface area contributed by atoms with Crippen molar-refractivity contribution in [1.29, 1.82) is 0 Å². The van der Waals surface area contributed by atoms with Crippen LogP contribution < -0.4 is 5.32 Å². The summed E-state index contributed by atoms with van der Waals surface area (Å²) in [5.74, 6) is -0.00714. The van der Waals surface area contributed by atoms with Crippen LogP contribution in [0, 0.1) is 6.92 Å². The molecular formula is C21H24N4OS. The molecular weight excluding hydrogens is 356 g/mol. The molecule has 27 heavy (non-hydrogen) atoms. The number of rotatable bonds is 5. The summed E-state index contributed by atoms with van der Waals surface area (Å²) in [6.07, 6.45) is 4.25. The molecule has 1 unspecified atom stereocenters. The second-order valence-electron chi connectivity index (χ2n) is 7.05. The molecule has 2 N–H and O–H groups in total. The topological polar surface area (TPSA) is 61.0 Å². The van der Waals surface area contributed by atoms with Crippen molar-refractivity contribution in [2.45, 2.75) is 32.4 Å². The van der Waals surface area contributed by atoms with Gasteiger partial charge in [-0.1, -0.05) is 29.8 Å². The second kappa shape index (κ2) is 7.66. The van der Waals surface area contributed by atoms with Crippen molar-refractivity contribution in [3.05, 3.63) is 63.5 Å². The molecule has 5 nitrogen and oxygen atoms in total. The molecule has 1 saturated heterocycles. The molecule has 0 saturated carbocycles. The number of aromatic nitrogens is 2. The fourth-order valence-corrected chi connectivity index (χ4v) is 4.86. The number of aromatic amines is 1. The molecule has 1 aliphatic rings. The van der Waals surface area contributed by atoms with Gasteiger partial charge >= 0.3 is 0 Å². The fraction of sp³-hybridized carbons (Fsp3) is 0.333. The van der Waals surface area contributed by atoms with Crippen LogP contribution in [0.5, 0.6) is 0 Å². The smallest absolute Gasteiger partial charge is 0.261 e. The van der Waals surface area contributed by atoms with E-state index in [9.17, 15) is 4.79 Å². The van der Waals surface area contributed by atoms with E-state index in [-0.39, 0.29) is 5.91 Å². The van der Waals surface area contributed by atoms with Gasteiger partial charge in [0.2, 0.25) is 0 Å². The number of thiophene rings is 1. The zero-order chi connectivity index (χ0) is 18.8. The number of hydrogen-bond acceptors (Lipinski definition) is 4. The number of nitrogens with one attached hydrogen (secondary N) is 2. The van der Waals surface area contributed by atoms with Crippen LogP contribution in [-0.2, 0) is 6.54 Å². The molecule has 0 spiro atoms. The van der Waals surface area contributed by atoms with E-state index in [0.29, 0.717) is 6.04 Å². The number of amides is 1. The van der Waals surface area contributed by atoms with Crippen molar-refractivity contribution in [2.24, 2.45) is 0 Å². The molecule has 3 aromatic rings. The largest absolute Gasteiger partial charge is 0.354 e. The lowest BCUT2D eigenvalue weighted by atomic mass is 10.1. The SMILES string of the molecule is CNC(=O)c1ccc(C2CCCN2Cc2cn[nH]c2-c2ccc(C)cc2)s1. The lowest BCUT2D eigenvalue weighted by Crippen LogP contribution is -2.22. The summed E-state index contributed by atoms with van der Waals surface area (Å²) < 4.78 is 0. The highest BCUT2D eigenvalue weighted by atomic mass is 32.1. The Kier molecular flexibility index (Phi) is 5.09. The van der Waals surface area contributed by atoms with Gasteiger partial charge in [-0.15, -0.1) is 11.3 Å². The number of hydrogen-bond donors (Lipinski definition) is 2. The number of carbonyl (C=O) groups is 1. The Morgan fingerprint density at radius 3 is 2.89 bits per heavy atom. The lowest BCUT2D eigenvalue weighted by Gasteiger charge is -2.23. The summed E-state index contributed by atoms with van der Waals surface area (Å²) in [6, 6.07) is 13.0. The van der Waals surface area contributed by atoms with Gasteiger partial charge in [0.15, 0.2) is 0 Å². The maximum Gasteiger partial charge on any atom is 0.261 e. The van der Waals surface area contributed by atoms with Crippen LogP contribution in [-0.4, -0.2) is 34.6 Å². The quantitative estimate of drug-likeness (QED) is 0.699. The fourth-order valence-electron chi connectivity index (χ4n) is 3.73. The number of carbonyl (C=O) groups excluding carboxylic acids is 1. The van der Waals surface area contributed by atoms with E-state index in [1.54, 1.807) is 18.4 Å². The van der Waals surface area contributed by atoms with Gasteiger partial charge in [-0.2, -0.15) is 5.10 Å². The first kappa shape index (κ1) is 17.9. The minimum Gasteiger partial charge on any atom is -0.354 e. The molecule has 1 amide bonds. The first-order valence-corrected chi connectivity index (χ1v) is 10.1. The van der Waals surface area contributed by atoms with Gasteiger partial charge in [0.25, 0.3) is 5.91 Å². The van der Waals surface area contributed by atoms with Gasteiger partial charge in [-0.3, -0.25) is 14.8 Å². The molecule has 6 heteroatoms. The van der Waals surface area contributed by atoms with E-state index in [1.807, 2.05) is 12.3 Å². The maximum absolute atomic E-state index is 11.9. The van der Waals surface area contributed by atoms with Crippen molar-refractivity contribution in [1.82, 2.24) is 20.4 Å². The summed E-state index contributed by atoms with van der Waals surface area (Å²) in [5, 5.41) is 10.2. The minimum absolute atomic E-state index is 0.00714. The van der Waals surface area contributed by atoms with Crippen LogP contribution in [0.1, 0.15) is 44.6 Å². The van der Waals surface area contributed by atoms with Crippen molar-refractivity contribution in [3.63, 3.8) is 0 Å². The molecule has 1 atom stereocenters. The normalized spacial score (nSPS) is 17.3. The Labute approximate surface area is 163 Å². The predicted octanol–water partition coefficient (Wildman–Crippen LogP) is 4.14. The Morgan fingerprint density at radius 1 is 1.30 bits per heavy atom. The average Bonchev–Trinajstić information content (AvgIpc) is 3.42. The predicted molar refractivity (Wildman–Crippen MR) is 109 cm³/mol. The summed E-state index contributed by atoms with van der Waals surface area (Å²) in [5.41, 5.74) is 4.73. The first-order chi connectivity index (χ1) is 13.2. The van der Waals surface area contributed by atoms with E-state index >= 15 is 0 Å². The Morgan fingerprint density at radius 2 is 2.11 bits per heavy atom. The number of aryl methyl sites for hydroxylation is 1. The molecule has 0 aliphatic carbocycles. The molecule has 1 aliphatic heterocycles. The monoisotopic (exact) mass is 380 g/mol. The number of benzene rings is 1. The average molecular weight is 381 g/mol. The highest BCUT2D eigenvalue weighted by molar-refractivity contribution is 7.14. The summed E-state index contributed by atoms with van der Waals surface area (Å²) in [4.78, 5) is 16.4. The molecule has 1 fully saturated rings. The van der Waals surface area contributed by atoms with Crippen LogP contribution >= 0.6 is 11.3 Å². The third-order valence-electron chi connectivity index (χ3n) is 5.20. The van der Waals surface area contributed by atoms with E-state index in [2.05, 4.69) is 57.7 Å². The van der Waals surface area contributed by atoms with Crippen LogP contribution in [0.4, 0.5) is 0 Å². The van der Waals surface area contributed by atoms with Gasteiger partial charge in [0, 0.05) is 30.1 Å². The van der Waals surface area contributed by atoms with Gasteiger partial charge < -0.3 is 5.32 Å². The zero-order valence-electron chi connectivity index (χ0n) is 15.7. The molecule has 3 heterocycles. The molecule has 2 aromatic heterocycles. The number of H-pyrrole nitrogens is 1. The van der Waals surface area contributed by atoms with Crippen LogP contribution in [0.2, 0.25) is 0 Å². The third-order valence-corrected chi connectivity index (χ3v) is 6.39. The molecule has 0 bridgehead atoms. The van der Waals surface area contributed by atoms with E-state index < -0.39 is 0 Å². The van der Waals surface area contributed by atoms with Crippen LogP contribution in [0.25, 0.3) is 11.3 Å². The van der Waals surface area contributed by atoms with Crippen LogP contribution in [0.15, 0.2) is 42.6 Å². The van der Waals surface area contributed by atoms with Gasteiger partial charge in [0.05, 0.1) is 16.8 Å². The Hall–Kier alpha value is -2.44. The van der Waals surface area contributed by atoms with Crippen LogP contribution in [0.3, 0.4) is 0 Å². The van der Waals surface area contributed by atoms with Crippen molar-refractivity contribution in [3.8, 4) is 11.3 Å². The van der Waals surface area contributed by atoms with E-state index in [1.165, 1.54) is 28.0 Å². The van der Waals surface area contributed by atoms with Crippen molar-refractivity contribution >= 4 is 17.2 Å². The highest BCUT2D eigenvalue weighted by Crippen LogP contribution is 2.37. The number of nitrogens with zero attached hydrogens (tertiary/aromatic N) is 2. The van der Waals surface area contributed by atoms with Gasteiger partial charge in [-0.25, -0.2) is 0 Å². The molecule has 0 radical (unpaired) electrons. The highest BCUT2D eigenvalue weighted by Gasteiger charge is 2.28. The third kappa shape index (κ3) is 3.68. The first-order valence-electron chi connectivity index (χ1n) is 9.31. The molecule has 140 valence electrons. The van der Waals surface area contributed by atoms with Crippen molar-refractivity contribution < 1.29 is 4.79 Å². The molecule has 4 rings (SSSR count). The lowest BCUT2D eigenvalue weighted by molar-refractivity contribution is 0.0967. The summed E-state index contributed by atoms with van der Waals surface area (Å²) in [7, 11) is 1.68. The standard InChI is InChI=1S/C21H24N4OS/c1-14-5-7-15(8-6-14)20-16(12-23-24-20)13-25-11-3-4-17(25)18-9-10-19(27-18)21(26)22-2/h5-10,12,17H,3-4,11,13H2,1-2H3,(H,22,26)(H,23,24). The summed E-state index contributed by atoms with van der Waals surface area (Å²) in [6.45, 7) is 4.02. The summed E-state index contributed by atoms with van der Waals surface area (Å²) >= 11 is 1.60. The van der Waals surface area contributed by atoms with E-state index in [4.69, 9.17) is 0 Å². The van der Waals surface area contributed by atoms with Gasteiger partial charge in [0.1, 0.15) is 0 Å². The maximum atomic E-state index is 11.9. The second-order valence-corrected chi connectivity index (χ2v) is 8.16. The van der Waals surface area contributed by atoms with Gasteiger partial charge in [-0.05, 0) is 44.0 Å². The molecule has 1 aromatic carbocycles. The Bertz CT molecular complexity index is 928. The number of likely N-dealkylation sites (tertiary alicyclic amines) is 1. The Balaban J connectivity index is 1.54.